The predicted molar refractivity (Wildman–Crippen MR) is 66.4 cm³/mol. The molecule has 1 aliphatic rings. The van der Waals surface area contributed by atoms with Gasteiger partial charge in [0.25, 0.3) is 0 Å². The lowest BCUT2D eigenvalue weighted by molar-refractivity contribution is -0.119. The van der Waals surface area contributed by atoms with Crippen molar-refractivity contribution in [3.05, 3.63) is 28.5 Å². The second-order valence-corrected chi connectivity index (χ2v) is 4.32. The van der Waals surface area contributed by atoms with Crippen molar-refractivity contribution in [2.75, 3.05) is 11.9 Å². The summed E-state index contributed by atoms with van der Waals surface area (Å²) in [4.78, 5) is 11.5. The third-order valence-corrected chi connectivity index (χ3v) is 2.82. The summed E-state index contributed by atoms with van der Waals surface area (Å²) < 4.78 is 14.0. The van der Waals surface area contributed by atoms with Crippen LogP contribution in [-0.2, 0) is 4.79 Å². The van der Waals surface area contributed by atoms with E-state index in [2.05, 4.69) is 26.6 Å². The molecule has 0 aliphatic carbocycles. The molecule has 1 atom stereocenters. The van der Waals surface area contributed by atoms with Gasteiger partial charge in [0, 0.05) is 4.47 Å². The van der Waals surface area contributed by atoms with E-state index >= 15 is 0 Å². The topological polar surface area (TPSA) is 41.1 Å². The van der Waals surface area contributed by atoms with Crippen LogP contribution >= 0.6 is 28.3 Å². The number of benzene rings is 1. The molecule has 88 valence electrons. The maximum atomic E-state index is 13.3. The summed E-state index contributed by atoms with van der Waals surface area (Å²) in [5.74, 6) is -0.612. The van der Waals surface area contributed by atoms with E-state index in [1.54, 1.807) is 6.07 Å². The molecule has 0 spiro atoms. The van der Waals surface area contributed by atoms with Crippen molar-refractivity contribution in [1.29, 1.82) is 0 Å². The van der Waals surface area contributed by atoms with E-state index in [9.17, 15) is 9.18 Å². The molecule has 0 radical (unpaired) electrons. The van der Waals surface area contributed by atoms with Crippen LogP contribution in [0.2, 0.25) is 0 Å². The minimum Gasteiger partial charge on any atom is -0.322 e. The quantitative estimate of drug-likeness (QED) is 0.880. The first-order chi connectivity index (χ1) is 7.16. The van der Waals surface area contributed by atoms with E-state index in [1.165, 1.54) is 12.1 Å². The second-order valence-electron chi connectivity index (χ2n) is 3.41. The predicted octanol–water partition coefficient (Wildman–Crippen LogP) is 2.31. The van der Waals surface area contributed by atoms with Gasteiger partial charge < -0.3 is 10.6 Å². The molecule has 2 rings (SSSR count). The van der Waals surface area contributed by atoms with Gasteiger partial charge in [0.15, 0.2) is 0 Å². The normalized spacial score (nSPS) is 18.2. The van der Waals surface area contributed by atoms with Crippen molar-refractivity contribution >= 4 is 39.9 Å². The molecule has 1 heterocycles. The summed E-state index contributed by atoms with van der Waals surface area (Å²) >= 11 is 3.15. The lowest BCUT2D eigenvalue weighted by Crippen LogP contribution is -2.50. The minimum atomic E-state index is -0.433. The molecule has 1 aromatic rings. The molecule has 0 unspecified atom stereocenters. The Kier molecular flexibility index (Phi) is 4.70. The van der Waals surface area contributed by atoms with Gasteiger partial charge in [-0.1, -0.05) is 15.9 Å². The number of hydrogen-bond donors (Lipinski definition) is 2. The molecule has 1 amide bonds. The van der Waals surface area contributed by atoms with Gasteiger partial charge in [0.1, 0.15) is 5.82 Å². The molecule has 0 bridgehead atoms. The third-order valence-electron chi connectivity index (χ3n) is 2.33. The highest BCUT2D eigenvalue weighted by Crippen LogP contribution is 2.19. The summed E-state index contributed by atoms with van der Waals surface area (Å²) in [6.45, 7) is 0.848. The number of halogens is 3. The van der Waals surface area contributed by atoms with Gasteiger partial charge in [-0.2, -0.15) is 0 Å². The lowest BCUT2D eigenvalue weighted by atomic mass is 10.1. The number of carbonyl (C=O) groups is 1. The van der Waals surface area contributed by atoms with Gasteiger partial charge in [0.05, 0.1) is 11.7 Å². The van der Waals surface area contributed by atoms with Crippen LogP contribution in [0.15, 0.2) is 22.7 Å². The Balaban J connectivity index is 0.00000128. The highest BCUT2D eigenvalue weighted by atomic mass is 79.9. The van der Waals surface area contributed by atoms with Crippen molar-refractivity contribution in [3.8, 4) is 0 Å². The molecule has 1 saturated heterocycles. The van der Waals surface area contributed by atoms with E-state index in [0.29, 0.717) is 4.47 Å². The average Bonchev–Trinajstić information content (AvgIpc) is 2.07. The maximum Gasteiger partial charge on any atom is 0.241 e. The Morgan fingerprint density at radius 1 is 1.56 bits per heavy atom. The standard InChI is InChI=1S/C10H10BrFN2O.ClH/c11-6-1-2-8(7(12)5-6)14-10(15)9-3-4-13-9;/h1-2,5,9,13H,3-4H2,(H,14,15);1H/t9-;/m1./s1. The Hall–Kier alpha value is -0.650. The van der Waals surface area contributed by atoms with E-state index in [-0.39, 0.29) is 30.0 Å². The number of carbonyl (C=O) groups excluding carboxylic acids is 1. The van der Waals surface area contributed by atoms with Crippen molar-refractivity contribution in [2.45, 2.75) is 12.5 Å². The van der Waals surface area contributed by atoms with Gasteiger partial charge in [0.2, 0.25) is 5.91 Å². The van der Waals surface area contributed by atoms with E-state index in [1.807, 2.05) is 0 Å². The summed E-state index contributed by atoms with van der Waals surface area (Å²) in [5.41, 5.74) is 0.219. The summed E-state index contributed by atoms with van der Waals surface area (Å²) in [5, 5.41) is 5.49. The molecule has 0 aromatic heterocycles. The van der Waals surface area contributed by atoms with Crippen LogP contribution in [0.3, 0.4) is 0 Å². The van der Waals surface area contributed by atoms with Crippen molar-refractivity contribution in [3.63, 3.8) is 0 Å². The third kappa shape index (κ3) is 2.93. The number of rotatable bonds is 2. The lowest BCUT2D eigenvalue weighted by Gasteiger charge is -2.26. The summed E-state index contributed by atoms with van der Waals surface area (Å²) in [7, 11) is 0. The van der Waals surface area contributed by atoms with Crippen LogP contribution in [0.1, 0.15) is 6.42 Å². The van der Waals surface area contributed by atoms with Gasteiger partial charge in [-0.3, -0.25) is 4.79 Å². The van der Waals surface area contributed by atoms with E-state index in [0.717, 1.165) is 13.0 Å². The van der Waals surface area contributed by atoms with Crippen LogP contribution < -0.4 is 10.6 Å². The van der Waals surface area contributed by atoms with Crippen molar-refractivity contribution in [2.24, 2.45) is 0 Å². The maximum absolute atomic E-state index is 13.3. The van der Waals surface area contributed by atoms with Gasteiger partial charge in [-0.15, -0.1) is 12.4 Å². The Labute approximate surface area is 107 Å². The van der Waals surface area contributed by atoms with Crippen LogP contribution in [-0.4, -0.2) is 18.5 Å². The zero-order chi connectivity index (χ0) is 10.8. The zero-order valence-electron chi connectivity index (χ0n) is 8.30. The first-order valence-corrected chi connectivity index (χ1v) is 5.45. The minimum absolute atomic E-state index is 0. The Morgan fingerprint density at radius 3 is 2.75 bits per heavy atom. The van der Waals surface area contributed by atoms with Gasteiger partial charge >= 0.3 is 0 Å². The molecule has 1 aliphatic heterocycles. The second kappa shape index (κ2) is 5.61. The number of hydrogen-bond acceptors (Lipinski definition) is 2. The number of nitrogens with one attached hydrogen (secondary N) is 2. The van der Waals surface area contributed by atoms with Gasteiger partial charge in [-0.25, -0.2) is 4.39 Å². The first-order valence-electron chi connectivity index (χ1n) is 4.66. The van der Waals surface area contributed by atoms with Crippen molar-refractivity contribution < 1.29 is 9.18 Å². The fourth-order valence-corrected chi connectivity index (χ4v) is 1.66. The highest BCUT2D eigenvalue weighted by molar-refractivity contribution is 9.10. The smallest absolute Gasteiger partial charge is 0.241 e. The first kappa shape index (κ1) is 13.4. The van der Waals surface area contributed by atoms with Crippen LogP contribution in [0.25, 0.3) is 0 Å². The molecule has 16 heavy (non-hydrogen) atoms. The fraction of sp³-hybridized carbons (Fsp3) is 0.300. The molecular formula is C10H11BrClFN2O. The largest absolute Gasteiger partial charge is 0.322 e. The van der Waals surface area contributed by atoms with Gasteiger partial charge in [-0.05, 0) is 31.2 Å². The fourth-order valence-electron chi connectivity index (χ4n) is 1.32. The molecule has 1 aromatic carbocycles. The van der Waals surface area contributed by atoms with E-state index < -0.39 is 5.82 Å². The Morgan fingerprint density at radius 2 is 2.25 bits per heavy atom. The molecule has 6 heteroatoms. The molecule has 1 fully saturated rings. The van der Waals surface area contributed by atoms with Crippen LogP contribution in [0, 0.1) is 5.82 Å². The molecular weight excluding hydrogens is 298 g/mol. The van der Waals surface area contributed by atoms with Crippen LogP contribution in [0.5, 0.6) is 0 Å². The zero-order valence-corrected chi connectivity index (χ0v) is 10.7. The van der Waals surface area contributed by atoms with E-state index in [4.69, 9.17) is 0 Å². The monoisotopic (exact) mass is 308 g/mol. The molecule has 2 N–H and O–H groups in total. The summed E-state index contributed by atoms with van der Waals surface area (Å²) in [6, 6.07) is 4.38. The van der Waals surface area contributed by atoms with Crippen molar-refractivity contribution in [1.82, 2.24) is 5.32 Å². The highest BCUT2D eigenvalue weighted by Gasteiger charge is 2.24. The average molecular weight is 310 g/mol. The molecule has 0 saturated carbocycles. The number of amides is 1. The number of anilines is 1. The van der Waals surface area contributed by atoms with Crippen LogP contribution in [0.4, 0.5) is 10.1 Å². The summed E-state index contributed by atoms with van der Waals surface area (Å²) in [6.07, 6.45) is 0.810. The molecule has 3 nitrogen and oxygen atoms in total. The SMILES string of the molecule is Cl.O=C(Nc1ccc(Br)cc1F)[C@H]1CCN1. The Bertz CT molecular complexity index is 398.